The predicted octanol–water partition coefficient (Wildman–Crippen LogP) is 6.25. The van der Waals surface area contributed by atoms with E-state index in [9.17, 15) is 4.79 Å². The second kappa shape index (κ2) is 9.24. The molecule has 7 heteroatoms. The van der Waals surface area contributed by atoms with Gasteiger partial charge in [0.2, 0.25) is 0 Å². The lowest BCUT2D eigenvalue weighted by Crippen LogP contribution is -2.11. The molecule has 3 aromatic rings. The first-order valence-electron chi connectivity index (χ1n) is 9.39. The zero-order chi connectivity index (χ0) is 20.2. The summed E-state index contributed by atoms with van der Waals surface area (Å²) in [6.07, 6.45) is 1.27. The number of hydrogen-bond donors (Lipinski definition) is 1. The molecule has 0 saturated carbocycles. The Morgan fingerprint density at radius 3 is 2.62 bits per heavy atom. The molecule has 2 aromatic carbocycles. The molecule has 1 saturated heterocycles. The molecule has 0 atom stereocenters. The van der Waals surface area contributed by atoms with Crippen molar-refractivity contribution < 1.29 is 9.53 Å². The molecule has 150 valence electrons. The number of carbonyl (C=O) groups excluding carboxylic acids is 1. The van der Waals surface area contributed by atoms with Gasteiger partial charge < -0.3 is 4.74 Å². The fourth-order valence-corrected chi connectivity index (χ4v) is 6.72. The highest BCUT2D eigenvalue weighted by Crippen LogP contribution is 2.43. The third-order valence-corrected chi connectivity index (χ3v) is 8.40. The summed E-state index contributed by atoms with van der Waals surface area (Å²) in [4.78, 5) is 17.2. The number of rotatable bonds is 5. The summed E-state index contributed by atoms with van der Waals surface area (Å²) in [5.74, 6) is 3.04. The fraction of sp³-hybridized carbons (Fsp3) is 0.273. The van der Waals surface area contributed by atoms with Gasteiger partial charge in [0.15, 0.2) is 5.13 Å². The van der Waals surface area contributed by atoms with Gasteiger partial charge >= 0.3 is 0 Å². The van der Waals surface area contributed by atoms with Crippen molar-refractivity contribution in [3.05, 3.63) is 64.5 Å². The minimum absolute atomic E-state index is 0.141. The number of aryl methyl sites for hydroxylation is 1. The Hall–Kier alpha value is -1.96. The third kappa shape index (κ3) is 4.79. The maximum absolute atomic E-state index is 12.6. The van der Waals surface area contributed by atoms with E-state index in [1.807, 2.05) is 66.2 Å². The number of nitrogens with one attached hydrogen (secondary N) is 1. The van der Waals surface area contributed by atoms with Gasteiger partial charge in [0.25, 0.3) is 5.91 Å². The number of thiazole rings is 1. The van der Waals surface area contributed by atoms with Crippen molar-refractivity contribution in [2.45, 2.75) is 17.9 Å². The Bertz CT molecular complexity index is 996. The Morgan fingerprint density at radius 1 is 1.14 bits per heavy atom. The molecule has 1 aliphatic heterocycles. The maximum Gasteiger partial charge on any atom is 0.257 e. The minimum Gasteiger partial charge on any atom is -0.496 e. The van der Waals surface area contributed by atoms with Crippen LogP contribution in [0.1, 0.15) is 32.5 Å². The lowest BCUT2D eigenvalue weighted by molar-refractivity contribution is 0.102. The number of aromatic nitrogens is 1. The van der Waals surface area contributed by atoms with E-state index in [0.717, 1.165) is 22.6 Å². The molecule has 1 aromatic heterocycles. The summed E-state index contributed by atoms with van der Waals surface area (Å²) in [6.45, 7) is 2.03. The first-order valence-corrected chi connectivity index (χ1v) is 12.4. The Balaban J connectivity index is 1.46. The van der Waals surface area contributed by atoms with Crippen LogP contribution in [-0.2, 0) is 0 Å². The van der Waals surface area contributed by atoms with E-state index >= 15 is 0 Å². The zero-order valence-corrected chi connectivity index (χ0v) is 18.8. The Labute approximate surface area is 183 Å². The molecule has 1 fully saturated rings. The van der Waals surface area contributed by atoms with Crippen molar-refractivity contribution in [3.63, 3.8) is 0 Å². The van der Waals surface area contributed by atoms with Crippen molar-refractivity contribution >= 4 is 45.9 Å². The molecule has 1 aliphatic rings. The van der Waals surface area contributed by atoms with Gasteiger partial charge in [-0.2, -0.15) is 0 Å². The van der Waals surface area contributed by atoms with Crippen molar-refractivity contribution in [1.82, 2.24) is 4.98 Å². The van der Waals surface area contributed by atoms with Crippen LogP contribution in [0.5, 0.6) is 5.75 Å². The topological polar surface area (TPSA) is 51.2 Å². The van der Waals surface area contributed by atoms with Gasteiger partial charge in [-0.25, -0.2) is 4.98 Å². The number of thioether (sulfide) groups is 2. The monoisotopic (exact) mass is 442 g/mol. The highest BCUT2D eigenvalue weighted by molar-refractivity contribution is 8.16. The first kappa shape index (κ1) is 20.3. The summed E-state index contributed by atoms with van der Waals surface area (Å²) < 4.78 is 5.93. The Kier molecular flexibility index (Phi) is 6.47. The molecular weight excluding hydrogens is 420 g/mol. The van der Waals surface area contributed by atoms with E-state index in [-0.39, 0.29) is 5.91 Å². The highest BCUT2D eigenvalue weighted by Gasteiger charge is 2.17. The number of ether oxygens (including phenoxy) is 1. The summed E-state index contributed by atoms with van der Waals surface area (Å²) >= 11 is 5.38. The lowest BCUT2D eigenvalue weighted by atomic mass is 10.1. The molecule has 29 heavy (non-hydrogen) atoms. The molecule has 4 rings (SSSR count). The minimum atomic E-state index is -0.141. The van der Waals surface area contributed by atoms with E-state index in [4.69, 9.17) is 4.74 Å². The SMILES string of the molecule is COc1ccc(C)cc1-c1csc(NC(=O)c2ccc(C3SCCCS3)cc2)n1. The molecule has 0 bridgehead atoms. The van der Waals surface area contributed by atoms with Crippen LogP contribution in [-0.4, -0.2) is 29.5 Å². The molecule has 0 spiro atoms. The van der Waals surface area contributed by atoms with Crippen molar-refractivity contribution in [2.24, 2.45) is 0 Å². The number of benzene rings is 2. The number of nitrogens with zero attached hydrogens (tertiary/aromatic N) is 1. The van der Waals surface area contributed by atoms with E-state index in [1.54, 1.807) is 7.11 Å². The van der Waals surface area contributed by atoms with Crippen LogP contribution in [0.15, 0.2) is 47.8 Å². The Morgan fingerprint density at radius 2 is 1.90 bits per heavy atom. The average Bonchev–Trinajstić information content (AvgIpc) is 3.23. The highest BCUT2D eigenvalue weighted by atomic mass is 32.2. The molecule has 1 amide bonds. The predicted molar refractivity (Wildman–Crippen MR) is 126 cm³/mol. The summed E-state index contributed by atoms with van der Waals surface area (Å²) in [6, 6.07) is 13.9. The smallest absolute Gasteiger partial charge is 0.257 e. The number of carbonyl (C=O) groups is 1. The molecule has 4 nitrogen and oxygen atoms in total. The van der Waals surface area contributed by atoms with Crippen LogP contribution in [0.3, 0.4) is 0 Å². The van der Waals surface area contributed by atoms with Crippen molar-refractivity contribution in [3.8, 4) is 17.0 Å². The number of anilines is 1. The van der Waals surface area contributed by atoms with Gasteiger partial charge in [-0.3, -0.25) is 10.1 Å². The lowest BCUT2D eigenvalue weighted by Gasteiger charge is -2.21. The van der Waals surface area contributed by atoms with Crippen LogP contribution < -0.4 is 10.1 Å². The molecule has 2 heterocycles. The second-order valence-electron chi connectivity index (χ2n) is 6.74. The van der Waals surface area contributed by atoms with Crippen molar-refractivity contribution in [1.29, 1.82) is 0 Å². The van der Waals surface area contributed by atoms with Crippen LogP contribution in [0.2, 0.25) is 0 Å². The van der Waals surface area contributed by atoms with E-state index in [2.05, 4.69) is 22.4 Å². The molecule has 0 radical (unpaired) electrons. The average molecular weight is 443 g/mol. The normalized spacial score (nSPS) is 14.6. The van der Waals surface area contributed by atoms with Gasteiger partial charge in [-0.1, -0.05) is 23.8 Å². The number of hydrogen-bond acceptors (Lipinski definition) is 6. The van der Waals surface area contributed by atoms with Crippen molar-refractivity contribution in [2.75, 3.05) is 23.9 Å². The van der Waals surface area contributed by atoms with Gasteiger partial charge in [-0.05, 0) is 54.7 Å². The van der Waals surface area contributed by atoms with Gasteiger partial charge in [0.05, 0.1) is 17.4 Å². The number of amides is 1. The number of methoxy groups -OCH3 is 1. The molecular formula is C22H22N2O2S3. The van der Waals surface area contributed by atoms with Crippen LogP contribution >= 0.6 is 34.9 Å². The molecule has 0 unspecified atom stereocenters. The largest absolute Gasteiger partial charge is 0.496 e. The first-order chi connectivity index (χ1) is 14.1. The van der Waals surface area contributed by atoms with E-state index < -0.39 is 0 Å². The summed E-state index contributed by atoms with van der Waals surface area (Å²) in [5, 5.41) is 5.43. The summed E-state index contributed by atoms with van der Waals surface area (Å²) in [5.41, 5.74) is 4.78. The fourth-order valence-electron chi connectivity index (χ4n) is 3.12. The molecule has 1 N–H and O–H groups in total. The standard InChI is InChI=1S/C22H22N2O2S3/c1-14-4-9-19(26-2)17(12-14)18-13-29-22(23-18)24-20(25)15-5-7-16(8-6-15)21-27-10-3-11-28-21/h4-9,12-13,21H,3,10-11H2,1-2H3,(H,23,24,25). The van der Waals surface area contributed by atoms with Gasteiger partial charge in [0, 0.05) is 16.5 Å². The maximum atomic E-state index is 12.6. The van der Waals surface area contributed by atoms with Crippen LogP contribution in [0, 0.1) is 6.92 Å². The van der Waals surface area contributed by atoms with Crippen LogP contribution in [0.25, 0.3) is 11.3 Å². The zero-order valence-electron chi connectivity index (χ0n) is 16.3. The van der Waals surface area contributed by atoms with E-state index in [0.29, 0.717) is 15.3 Å². The second-order valence-corrected chi connectivity index (χ2v) is 10.3. The molecule has 0 aliphatic carbocycles. The third-order valence-electron chi connectivity index (χ3n) is 4.63. The summed E-state index contributed by atoms with van der Waals surface area (Å²) in [7, 11) is 1.65. The van der Waals surface area contributed by atoms with Gasteiger partial charge in [0.1, 0.15) is 5.75 Å². The van der Waals surface area contributed by atoms with Crippen LogP contribution in [0.4, 0.5) is 5.13 Å². The van der Waals surface area contributed by atoms with E-state index in [1.165, 1.54) is 34.8 Å². The van der Waals surface area contributed by atoms with Gasteiger partial charge in [-0.15, -0.1) is 34.9 Å². The quantitative estimate of drug-likeness (QED) is 0.506.